The molecule has 0 saturated carbocycles. The molecule has 0 heterocycles. The van der Waals surface area contributed by atoms with Gasteiger partial charge in [-0.1, -0.05) is 41.5 Å². The summed E-state index contributed by atoms with van der Waals surface area (Å²) in [5.74, 6) is 0. The van der Waals surface area contributed by atoms with Crippen molar-refractivity contribution in [2.45, 2.75) is 93.2 Å². The van der Waals surface area contributed by atoms with E-state index in [4.69, 9.17) is 0 Å². The second-order valence-corrected chi connectivity index (χ2v) is 10.9. The molecule has 22 heavy (non-hydrogen) atoms. The minimum atomic E-state index is 0.243. The second-order valence-electron chi connectivity index (χ2n) is 10.9. The maximum Gasteiger partial charge on any atom is 0.0155 e. The Balaban J connectivity index is 4.60. The zero-order chi connectivity index (χ0) is 18.0. The fourth-order valence-electron chi connectivity index (χ4n) is 3.77. The normalized spacial score (nSPS) is 15.0. The highest BCUT2D eigenvalue weighted by Crippen LogP contribution is 2.32. The third-order valence-electron chi connectivity index (χ3n) is 4.76. The zero-order valence-corrected chi connectivity index (χ0v) is 17.7. The molecule has 0 aromatic rings. The SMILES string of the molecule is CN(CCN(C)C(C)(C)CC(C)(C)C)C(C)(C)CC(C)(C)C. The van der Waals surface area contributed by atoms with Gasteiger partial charge in [0.15, 0.2) is 0 Å². The highest BCUT2D eigenvalue weighted by molar-refractivity contribution is 4.87. The maximum atomic E-state index is 2.53. The van der Waals surface area contributed by atoms with Crippen LogP contribution in [0.15, 0.2) is 0 Å². The van der Waals surface area contributed by atoms with Gasteiger partial charge in [-0.15, -0.1) is 0 Å². The summed E-state index contributed by atoms with van der Waals surface area (Å²) in [7, 11) is 4.55. The Bertz CT molecular complexity index is 295. The van der Waals surface area contributed by atoms with E-state index in [1.54, 1.807) is 0 Å². The van der Waals surface area contributed by atoms with Crippen LogP contribution in [0.5, 0.6) is 0 Å². The summed E-state index contributed by atoms with van der Waals surface area (Å²) >= 11 is 0. The number of hydrogen-bond donors (Lipinski definition) is 0. The fraction of sp³-hybridized carbons (Fsp3) is 1.00. The first-order valence-electron chi connectivity index (χ1n) is 8.89. The van der Waals surface area contributed by atoms with E-state index in [1.165, 1.54) is 12.8 Å². The van der Waals surface area contributed by atoms with Gasteiger partial charge in [0.1, 0.15) is 0 Å². The number of likely N-dealkylation sites (N-methyl/N-ethyl adjacent to an activating group) is 2. The molecule has 0 fully saturated rings. The van der Waals surface area contributed by atoms with Gasteiger partial charge >= 0.3 is 0 Å². The van der Waals surface area contributed by atoms with Crippen LogP contribution in [0.2, 0.25) is 0 Å². The minimum absolute atomic E-state index is 0.243. The van der Waals surface area contributed by atoms with Crippen LogP contribution in [0.3, 0.4) is 0 Å². The van der Waals surface area contributed by atoms with E-state index in [9.17, 15) is 0 Å². The second kappa shape index (κ2) is 7.21. The van der Waals surface area contributed by atoms with Crippen LogP contribution < -0.4 is 0 Å². The van der Waals surface area contributed by atoms with Crippen molar-refractivity contribution in [3.63, 3.8) is 0 Å². The van der Waals surface area contributed by atoms with Crippen LogP contribution in [-0.2, 0) is 0 Å². The van der Waals surface area contributed by atoms with Crippen LogP contribution in [0.1, 0.15) is 82.1 Å². The lowest BCUT2D eigenvalue weighted by atomic mass is 9.80. The summed E-state index contributed by atoms with van der Waals surface area (Å²) in [6.45, 7) is 25.7. The molecule has 2 heteroatoms. The van der Waals surface area contributed by atoms with Gasteiger partial charge in [0.05, 0.1) is 0 Å². The molecule has 0 saturated heterocycles. The van der Waals surface area contributed by atoms with E-state index < -0.39 is 0 Å². The molecular formula is C20H44N2. The Hall–Kier alpha value is -0.0800. The highest BCUT2D eigenvalue weighted by atomic mass is 15.2. The van der Waals surface area contributed by atoms with Crippen LogP contribution in [0.4, 0.5) is 0 Å². The summed E-state index contributed by atoms with van der Waals surface area (Å²) in [6.07, 6.45) is 2.43. The molecule has 0 radical (unpaired) electrons. The monoisotopic (exact) mass is 312 g/mol. The smallest absolute Gasteiger partial charge is 0.0155 e. The van der Waals surface area contributed by atoms with Gasteiger partial charge in [0, 0.05) is 24.2 Å². The molecule has 0 aromatic heterocycles. The Morgan fingerprint density at radius 3 is 0.909 bits per heavy atom. The molecule has 0 bridgehead atoms. The third kappa shape index (κ3) is 8.53. The predicted octanol–water partition coefficient (Wildman–Crippen LogP) is 5.28. The highest BCUT2D eigenvalue weighted by Gasteiger charge is 2.32. The van der Waals surface area contributed by atoms with Crippen LogP contribution >= 0.6 is 0 Å². The average Bonchev–Trinajstić information content (AvgIpc) is 2.17. The van der Waals surface area contributed by atoms with Gasteiger partial charge in [0.25, 0.3) is 0 Å². The van der Waals surface area contributed by atoms with E-state index >= 15 is 0 Å². The van der Waals surface area contributed by atoms with Crippen molar-refractivity contribution in [1.29, 1.82) is 0 Å². The van der Waals surface area contributed by atoms with E-state index in [1.807, 2.05) is 0 Å². The first-order chi connectivity index (χ1) is 9.46. The summed E-state index contributed by atoms with van der Waals surface area (Å²) in [6, 6.07) is 0. The van der Waals surface area contributed by atoms with Crippen LogP contribution in [0, 0.1) is 10.8 Å². The summed E-state index contributed by atoms with van der Waals surface area (Å²) in [5.41, 5.74) is 1.23. The van der Waals surface area contributed by atoms with Gasteiger partial charge in [0.2, 0.25) is 0 Å². The fourth-order valence-corrected chi connectivity index (χ4v) is 3.77. The molecule has 0 unspecified atom stereocenters. The van der Waals surface area contributed by atoms with E-state index in [2.05, 4.69) is 93.1 Å². The van der Waals surface area contributed by atoms with Crippen molar-refractivity contribution in [2.24, 2.45) is 10.8 Å². The zero-order valence-electron chi connectivity index (χ0n) is 17.7. The average molecular weight is 313 g/mol. The predicted molar refractivity (Wildman–Crippen MR) is 102 cm³/mol. The van der Waals surface area contributed by atoms with Gasteiger partial charge in [-0.05, 0) is 65.5 Å². The molecule has 0 atom stereocenters. The van der Waals surface area contributed by atoms with Crippen molar-refractivity contribution in [1.82, 2.24) is 9.80 Å². The van der Waals surface area contributed by atoms with E-state index in [0.717, 1.165) is 13.1 Å². The number of rotatable bonds is 7. The van der Waals surface area contributed by atoms with Crippen molar-refractivity contribution < 1.29 is 0 Å². The number of hydrogen-bond acceptors (Lipinski definition) is 2. The Kier molecular flexibility index (Phi) is 7.19. The Labute approximate surface area is 141 Å². The van der Waals surface area contributed by atoms with Gasteiger partial charge in [-0.3, -0.25) is 9.80 Å². The molecule has 0 N–H and O–H groups in total. The molecule has 0 aliphatic carbocycles. The largest absolute Gasteiger partial charge is 0.300 e. The standard InChI is InChI=1S/C20H44N2/c1-17(2,3)15-19(7,8)21(11)13-14-22(12)20(9,10)16-18(4,5)6/h13-16H2,1-12H3. The van der Waals surface area contributed by atoms with E-state index in [-0.39, 0.29) is 11.1 Å². The quantitative estimate of drug-likeness (QED) is 0.631. The lowest BCUT2D eigenvalue weighted by Crippen LogP contribution is -2.50. The molecule has 2 nitrogen and oxygen atoms in total. The molecule has 0 spiro atoms. The van der Waals surface area contributed by atoms with Crippen LogP contribution in [-0.4, -0.2) is 48.1 Å². The van der Waals surface area contributed by atoms with Gasteiger partial charge < -0.3 is 0 Å². The molecule has 0 amide bonds. The molecule has 0 aromatic carbocycles. The lowest BCUT2D eigenvalue weighted by molar-refractivity contribution is 0.0593. The summed E-state index contributed by atoms with van der Waals surface area (Å²) in [4.78, 5) is 5.06. The van der Waals surface area contributed by atoms with Gasteiger partial charge in [-0.2, -0.15) is 0 Å². The lowest BCUT2D eigenvalue weighted by Gasteiger charge is -2.44. The molecular weight excluding hydrogens is 268 g/mol. The molecule has 0 aliphatic heterocycles. The Morgan fingerprint density at radius 2 is 0.727 bits per heavy atom. The molecule has 0 rings (SSSR count). The first kappa shape index (κ1) is 21.9. The van der Waals surface area contributed by atoms with E-state index in [0.29, 0.717) is 10.8 Å². The van der Waals surface area contributed by atoms with Crippen molar-refractivity contribution in [3.05, 3.63) is 0 Å². The molecule has 0 aliphatic rings. The number of nitrogens with zero attached hydrogens (tertiary/aromatic N) is 2. The van der Waals surface area contributed by atoms with Crippen molar-refractivity contribution >= 4 is 0 Å². The van der Waals surface area contributed by atoms with Crippen molar-refractivity contribution in [3.8, 4) is 0 Å². The summed E-state index contributed by atoms with van der Waals surface area (Å²) < 4.78 is 0. The summed E-state index contributed by atoms with van der Waals surface area (Å²) in [5, 5.41) is 0. The van der Waals surface area contributed by atoms with Crippen LogP contribution in [0.25, 0.3) is 0 Å². The first-order valence-corrected chi connectivity index (χ1v) is 8.89. The third-order valence-corrected chi connectivity index (χ3v) is 4.76. The van der Waals surface area contributed by atoms with Gasteiger partial charge in [-0.25, -0.2) is 0 Å². The Morgan fingerprint density at radius 1 is 0.500 bits per heavy atom. The maximum absolute atomic E-state index is 2.53. The minimum Gasteiger partial charge on any atom is -0.300 e. The molecule has 134 valence electrons. The topological polar surface area (TPSA) is 6.48 Å². The van der Waals surface area contributed by atoms with Crippen molar-refractivity contribution in [2.75, 3.05) is 27.2 Å².